The summed E-state index contributed by atoms with van der Waals surface area (Å²) in [6, 6.07) is 0. The van der Waals surface area contributed by atoms with Crippen molar-refractivity contribution in [1.29, 1.82) is 0 Å². The molecule has 0 heterocycles. The highest BCUT2D eigenvalue weighted by atomic mass is 14.1. The van der Waals surface area contributed by atoms with Gasteiger partial charge in [0.2, 0.25) is 0 Å². The third kappa shape index (κ3) is 3.63. The maximum Gasteiger partial charge on any atom is -0.00244 e. The number of allylic oxidation sites excluding steroid dienone is 5. The van der Waals surface area contributed by atoms with Gasteiger partial charge in [-0.1, -0.05) is 35.8 Å². The number of hydrogen-bond donors (Lipinski definition) is 0. The summed E-state index contributed by atoms with van der Waals surface area (Å²) >= 11 is 0. The lowest BCUT2D eigenvalue weighted by molar-refractivity contribution is 0.779. The SMILES string of the molecule is C=CC/C(C)=C(\C)C(C)/C(C)=C/C. The first-order chi connectivity index (χ1) is 6.04. The molecule has 0 heteroatoms. The zero-order valence-electron chi connectivity index (χ0n) is 9.65. The number of rotatable bonds is 4. The molecule has 0 saturated carbocycles. The largest absolute Gasteiger partial charge is 0.103 e. The van der Waals surface area contributed by atoms with Crippen LogP contribution in [-0.4, -0.2) is 0 Å². The molecular weight excluding hydrogens is 156 g/mol. The number of hydrogen-bond acceptors (Lipinski definition) is 0. The van der Waals surface area contributed by atoms with Crippen molar-refractivity contribution in [3.05, 3.63) is 35.5 Å². The quantitative estimate of drug-likeness (QED) is 0.556. The molecule has 0 rings (SSSR count). The van der Waals surface area contributed by atoms with Crippen molar-refractivity contribution < 1.29 is 0 Å². The van der Waals surface area contributed by atoms with E-state index in [4.69, 9.17) is 0 Å². The van der Waals surface area contributed by atoms with Gasteiger partial charge in [0, 0.05) is 0 Å². The van der Waals surface area contributed by atoms with E-state index in [0.29, 0.717) is 5.92 Å². The van der Waals surface area contributed by atoms with Gasteiger partial charge in [-0.05, 0) is 40.0 Å². The van der Waals surface area contributed by atoms with Gasteiger partial charge in [-0.15, -0.1) is 6.58 Å². The molecule has 1 atom stereocenters. The van der Waals surface area contributed by atoms with Gasteiger partial charge in [0.15, 0.2) is 0 Å². The van der Waals surface area contributed by atoms with Gasteiger partial charge >= 0.3 is 0 Å². The summed E-state index contributed by atoms with van der Waals surface area (Å²) in [6.45, 7) is 14.7. The smallest absolute Gasteiger partial charge is 0.00244 e. The second-order valence-electron chi connectivity index (χ2n) is 3.71. The zero-order valence-corrected chi connectivity index (χ0v) is 9.65. The van der Waals surface area contributed by atoms with Gasteiger partial charge in [-0.25, -0.2) is 0 Å². The molecule has 0 aromatic heterocycles. The van der Waals surface area contributed by atoms with Gasteiger partial charge in [0.25, 0.3) is 0 Å². The highest BCUT2D eigenvalue weighted by Crippen LogP contribution is 2.23. The molecule has 74 valence electrons. The Kier molecular flexibility index (Phi) is 5.45. The lowest BCUT2D eigenvalue weighted by Crippen LogP contribution is -2.00. The zero-order chi connectivity index (χ0) is 10.4. The van der Waals surface area contributed by atoms with Crippen molar-refractivity contribution in [2.24, 2.45) is 5.92 Å². The highest BCUT2D eigenvalue weighted by Gasteiger charge is 2.07. The van der Waals surface area contributed by atoms with Crippen LogP contribution in [0.2, 0.25) is 0 Å². The van der Waals surface area contributed by atoms with E-state index >= 15 is 0 Å². The summed E-state index contributed by atoms with van der Waals surface area (Å²) in [5.41, 5.74) is 4.38. The van der Waals surface area contributed by atoms with Crippen LogP contribution in [0.4, 0.5) is 0 Å². The van der Waals surface area contributed by atoms with Crippen molar-refractivity contribution in [2.45, 2.75) is 41.0 Å². The first-order valence-electron chi connectivity index (χ1n) is 4.94. The van der Waals surface area contributed by atoms with Crippen LogP contribution >= 0.6 is 0 Å². The Hall–Kier alpha value is -0.780. The van der Waals surface area contributed by atoms with E-state index < -0.39 is 0 Å². The van der Waals surface area contributed by atoms with Crippen molar-refractivity contribution in [1.82, 2.24) is 0 Å². The molecule has 0 fully saturated rings. The Morgan fingerprint density at radius 2 is 1.85 bits per heavy atom. The Balaban J connectivity index is 4.65. The molecule has 0 spiro atoms. The molecular formula is C13H22. The summed E-state index contributed by atoms with van der Waals surface area (Å²) in [5, 5.41) is 0. The Bertz CT molecular complexity index is 228. The third-order valence-corrected chi connectivity index (χ3v) is 2.91. The van der Waals surface area contributed by atoms with Gasteiger partial charge in [0.05, 0.1) is 0 Å². The summed E-state index contributed by atoms with van der Waals surface area (Å²) < 4.78 is 0. The second-order valence-corrected chi connectivity index (χ2v) is 3.71. The molecule has 0 saturated heterocycles. The molecule has 0 nitrogen and oxygen atoms in total. The first-order valence-corrected chi connectivity index (χ1v) is 4.94. The third-order valence-electron chi connectivity index (χ3n) is 2.91. The Labute approximate surface area is 83.0 Å². The maximum atomic E-state index is 3.76. The second kappa shape index (κ2) is 5.80. The Morgan fingerprint density at radius 1 is 1.31 bits per heavy atom. The van der Waals surface area contributed by atoms with Crippen molar-refractivity contribution in [3.8, 4) is 0 Å². The molecule has 1 unspecified atom stereocenters. The molecule has 0 aliphatic rings. The van der Waals surface area contributed by atoms with E-state index in [9.17, 15) is 0 Å². The first kappa shape index (κ1) is 12.2. The van der Waals surface area contributed by atoms with Crippen LogP contribution in [0.25, 0.3) is 0 Å². The van der Waals surface area contributed by atoms with E-state index in [1.54, 1.807) is 0 Å². The van der Waals surface area contributed by atoms with Crippen LogP contribution < -0.4 is 0 Å². The van der Waals surface area contributed by atoms with Crippen molar-refractivity contribution in [2.75, 3.05) is 0 Å². The van der Waals surface area contributed by atoms with Crippen LogP contribution in [0.5, 0.6) is 0 Å². The molecule has 0 N–H and O–H groups in total. The van der Waals surface area contributed by atoms with Crippen LogP contribution in [0, 0.1) is 5.92 Å². The van der Waals surface area contributed by atoms with Crippen LogP contribution in [-0.2, 0) is 0 Å². The minimum Gasteiger partial charge on any atom is -0.103 e. The van der Waals surface area contributed by atoms with Gasteiger partial charge in [0.1, 0.15) is 0 Å². The molecule has 13 heavy (non-hydrogen) atoms. The van der Waals surface area contributed by atoms with Gasteiger partial charge in [-0.3, -0.25) is 0 Å². The molecule has 0 aliphatic heterocycles. The minimum atomic E-state index is 0.574. The lowest BCUT2D eigenvalue weighted by atomic mass is 9.90. The molecule has 0 aromatic rings. The minimum absolute atomic E-state index is 0.574. The molecule has 0 aliphatic carbocycles. The fourth-order valence-electron chi connectivity index (χ4n) is 1.34. The molecule has 0 amide bonds. The molecule has 0 radical (unpaired) electrons. The highest BCUT2D eigenvalue weighted by molar-refractivity contribution is 5.22. The average Bonchev–Trinajstić information content (AvgIpc) is 2.14. The standard InChI is InChI=1S/C13H22/c1-7-9-11(4)13(6)12(5)10(3)8-2/h7-8,12H,1,9H2,2-6H3/b10-8+,13-11+. The van der Waals surface area contributed by atoms with E-state index in [0.717, 1.165) is 6.42 Å². The van der Waals surface area contributed by atoms with Crippen LogP contribution in [0.1, 0.15) is 41.0 Å². The van der Waals surface area contributed by atoms with E-state index in [1.807, 2.05) is 6.08 Å². The predicted octanol–water partition coefficient (Wildman–Crippen LogP) is 4.50. The summed E-state index contributed by atoms with van der Waals surface area (Å²) in [6.07, 6.45) is 5.17. The van der Waals surface area contributed by atoms with Crippen LogP contribution in [0.15, 0.2) is 35.5 Å². The van der Waals surface area contributed by atoms with Crippen molar-refractivity contribution in [3.63, 3.8) is 0 Å². The Morgan fingerprint density at radius 3 is 2.23 bits per heavy atom. The summed E-state index contributed by atoms with van der Waals surface area (Å²) in [5.74, 6) is 0.574. The average molecular weight is 178 g/mol. The fourth-order valence-corrected chi connectivity index (χ4v) is 1.34. The van der Waals surface area contributed by atoms with E-state index in [-0.39, 0.29) is 0 Å². The molecule has 0 bridgehead atoms. The van der Waals surface area contributed by atoms with Crippen molar-refractivity contribution >= 4 is 0 Å². The lowest BCUT2D eigenvalue weighted by Gasteiger charge is -2.15. The van der Waals surface area contributed by atoms with E-state index in [2.05, 4.69) is 47.3 Å². The molecule has 0 aromatic carbocycles. The van der Waals surface area contributed by atoms with Gasteiger partial charge < -0.3 is 0 Å². The summed E-state index contributed by atoms with van der Waals surface area (Å²) in [4.78, 5) is 0. The van der Waals surface area contributed by atoms with Gasteiger partial charge in [-0.2, -0.15) is 0 Å². The van der Waals surface area contributed by atoms with E-state index in [1.165, 1.54) is 16.7 Å². The fraction of sp³-hybridized carbons (Fsp3) is 0.538. The maximum absolute atomic E-state index is 3.76. The normalized spacial score (nSPS) is 16.5. The summed E-state index contributed by atoms with van der Waals surface area (Å²) in [7, 11) is 0. The topological polar surface area (TPSA) is 0 Å². The predicted molar refractivity (Wildman–Crippen MR) is 61.8 cm³/mol. The monoisotopic (exact) mass is 178 g/mol. The van der Waals surface area contributed by atoms with Crippen LogP contribution in [0.3, 0.4) is 0 Å².